The van der Waals surface area contributed by atoms with Gasteiger partial charge in [-0.3, -0.25) is 9.59 Å². The Bertz CT molecular complexity index is 927. The lowest BCUT2D eigenvalue weighted by Gasteiger charge is -2.32. The number of amides is 2. The van der Waals surface area contributed by atoms with Gasteiger partial charge in [-0.25, -0.2) is 13.0 Å². The standard InChI is InChI=1S/C22H30F2N2O3S/c1-15-5-4-6-16(13-15)18-14-19(18)21(28)25-30(3,29)17-8-11-26(12-9-17)20(27)7-10-22(2,23)24/h4-6,13,17-19H,7-12,14H2,1-3H3/t18-,19+,30?/m0/s1. The summed E-state index contributed by atoms with van der Waals surface area (Å²) in [5.41, 5.74) is 2.27. The maximum absolute atomic E-state index is 13.1. The smallest absolute Gasteiger partial charge is 0.257 e. The van der Waals surface area contributed by atoms with Crippen molar-refractivity contribution >= 4 is 21.5 Å². The van der Waals surface area contributed by atoms with Crippen LogP contribution in [0, 0.1) is 12.8 Å². The summed E-state index contributed by atoms with van der Waals surface area (Å²) in [6.07, 6.45) is 2.52. The summed E-state index contributed by atoms with van der Waals surface area (Å²) in [4.78, 5) is 26.3. The number of benzene rings is 1. The van der Waals surface area contributed by atoms with Crippen LogP contribution in [0.25, 0.3) is 0 Å². The first-order chi connectivity index (χ1) is 14.0. The molecule has 0 bridgehead atoms. The minimum Gasteiger partial charge on any atom is -0.343 e. The van der Waals surface area contributed by atoms with Gasteiger partial charge in [0.25, 0.3) is 5.91 Å². The molecular weight excluding hydrogens is 410 g/mol. The first-order valence-corrected chi connectivity index (χ1v) is 12.4. The van der Waals surface area contributed by atoms with Crippen LogP contribution in [0.2, 0.25) is 0 Å². The number of carbonyl (C=O) groups is 2. The molecule has 2 aliphatic rings. The van der Waals surface area contributed by atoms with Gasteiger partial charge < -0.3 is 4.90 Å². The lowest BCUT2D eigenvalue weighted by atomic mass is 10.1. The molecule has 1 unspecified atom stereocenters. The van der Waals surface area contributed by atoms with E-state index in [1.54, 1.807) is 4.90 Å². The molecule has 3 rings (SSSR count). The highest BCUT2D eigenvalue weighted by atomic mass is 32.2. The van der Waals surface area contributed by atoms with Crippen molar-refractivity contribution in [3.8, 4) is 0 Å². The van der Waals surface area contributed by atoms with Gasteiger partial charge in [-0.05, 0) is 44.6 Å². The number of carbonyl (C=O) groups excluding carboxylic acids is 2. The maximum Gasteiger partial charge on any atom is 0.257 e. The molecule has 1 saturated carbocycles. The van der Waals surface area contributed by atoms with Gasteiger partial charge in [-0.2, -0.15) is 4.36 Å². The molecule has 30 heavy (non-hydrogen) atoms. The minimum absolute atomic E-state index is 0.146. The molecule has 2 amide bonds. The summed E-state index contributed by atoms with van der Waals surface area (Å²) in [5, 5.41) is -0.269. The van der Waals surface area contributed by atoms with Gasteiger partial charge in [0, 0.05) is 43.4 Å². The summed E-state index contributed by atoms with van der Waals surface area (Å²) in [6, 6.07) is 8.07. The molecule has 1 aliphatic heterocycles. The molecule has 0 aromatic heterocycles. The third-order valence-electron chi connectivity index (χ3n) is 6.04. The van der Waals surface area contributed by atoms with Crippen molar-refractivity contribution in [1.29, 1.82) is 0 Å². The van der Waals surface area contributed by atoms with E-state index >= 15 is 0 Å². The minimum atomic E-state index is -2.86. The summed E-state index contributed by atoms with van der Waals surface area (Å²) >= 11 is 0. The quantitative estimate of drug-likeness (QED) is 0.667. The van der Waals surface area contributed by atoms with E-state index < -0.39 is 22.1 Å². The fourth-order valence-electron chi connectivity index (χ4n) is 4.09. The van der Waals surface area contributed by atoms with Gasteiger partial charge in [0.05, 0.1) is 9.73 Å². The monoisotopic (exact) mass is 440 g/mol. The van der Waals surface area contributed by atoms with Gasteiger partial charge >= 0.3 is 0 Å². The van der Waals surface area contributed by atoms with E-state index in [1.807, 2.05) is 25.1 Å². The Balaban J connectivity index is 1.55. The topological polar surface area (TPSA) is 66.8 Å². The van der Waals surface area contributed by atoms with Crippen molar-refractivity contribution in [3.05, 3.63) is 35.4 Å². The first-order valence-electron chi connectivity index (χ1n) is 10.4. The summed E-state index contributed by atoms with van der Waals surface area (Å²) < 4.78 is 43.2. The molecule has 5 nitrogen and oxygen atoms in total. The Morgan fingerprint density at radius 2 is 1.93 bits per heavy atom. The van der Waals surface area contributed by atoms with Gasteiger partial charge in [0.2, 0.25) is 11.8 Å². The van der Waals surface area contributed by atoms with Crippen LogP contribution >= 0.6 is 0 Å². The van der Waals surface area contributed by atoms with Crippen molar-refractivity contribution < 1.29 is 22.6 Å². The number of piperidine rings is 1. The van der Waals surface area contributed by atoms with Crippen LogP contribution in [0.1, 0.15) is 56.1 Å². The molecule has 1 aliphatic carbocycles. The number of rotatable bonds is 6. The van der Waals surface area contributed by atoms with Gasteiger partial charge in [0.15, 0.2) is 0 Å². The van der Waals surface area contributed by atoms with E-state index in [0.717, 1.165) is 24.5 Å². The number of hydrogen-bond acceptors (Lipinski definition) is 3. The molecule has 2 fully saturated rings. The highest BCUT2D eigenvalue weighted by molar-refractivity contribution is 7.93. The average Bonchev–Trinajstić information content (AvgIpc) is 3.46. The predicted molar refractivity (Wildman–Crippen MR) is 113 cm³/mol. The highest BCUT2D eigenvalue weighted by Crippen LogP contribution is 2.48. The summed E-state index contributed by atoms with van der Waals surface area (Å²) in [5.74, 6) is -3.51. The van der Waals surface area contributed by atoms with Crippen LogP contribution in [0.3, 0.4) is 0 Å². The Kier molecular flexibility index (Phi) is 6.65. The van der Waals surface area contributed by atoms with Gasteiger partial charge in [-0.1, -0.05) is 29.8 Å². The van der Waals surface area contributed by atoms with E-state index in [1.165, 1.54) is 6.26 Å². The highest BCUT2D eigenvalue weighted by Gasteiger charge is 2.44. The Hall–Kier alpha value is -1.83. The Morgan fingerprint density at radius 3 is 2.53 bits per heavy atom. The first kappa shape index (κ1) is 22.8. The molecule has 1 saturated heterocycles. The summed E-state index contributed by atoms with van der Waals surface area (Å²) in [7, 11) is -2.72. The fraction of sp³-hybridized carbons (Fsp3) is 0.636. The van der Waals surface area contributed by atoms with Crippen LogP contribution in [-0.4, -0.2) is 51.4 Å². The third-order valence-corrected chi connectivity index (χ3v) is 8.29. The predicted octanol–water partition coefficient (Wildman–Crippen LogP) is 4.15. The number of alkyl halides is 2. The number of halogens is 2. The van der Waals surface area contributed by atoms with E-state index in [0.29, 0.717) is 25.9 Å². The molecule has 1 aromatic carbocycles. The number of hydrogen-bond donors (Lipinski definition) is 0. The zero-order valence-electron chi connectivity index (χ0n) is 17.8. The molecule has 0 N–H and O–H groups in total. The molecule has 166 valence electrons. The molecule has 1 aromatic rings. The van der Waals surface area contributed by atoms with Gasteiger partial charge in [-0.15, -0.1) is 0 Å². The van der Waals surface area contributed by atoms with Crippen molar-refractivity contribution in [1.82, 2.24) is 4.90 Å². The van der Waals surface area contributed by atoms with Crippen LogP contribution in [0.4, 0.5) is 8.78 Å². The third kappa shape index (κ3) is 5.86. The van der Waals surface area contributed by atoms with E-state index in [2.05, 4.69) is 10.4 Å². The maximum atomic E-state index is 13.1. The second kappa shape index (κ2) is 8.73. The zero-order valence-corrected chi connectivity index (χ0v) is 18.6. The molecule has 8 heteroatoms. The second-order valence-corrected chi connectivity index (χ2v) is 11.4. The van der Waals surface area contributed by atoms with Crippen LogP contribution in [0.5, 0.6) is 0 Å². The van der Waals surface area contributed by atoms with Crippen molar-refractivity contribution in [3.63, 3.8) is 0 Å². The molecule has 0 radical (unpaired) electrons. The SMILES string of the molecule is Cc1cccc([C@@H]2C[C@H]2C(=O)N=S(C)(=O)C2CCN(C(=O)CCC(C)(F)F)CC2)c1. The molecule has 1 heterocycles. The number of aryl methyl sites for hydroxylation is 1. The van der Waals surface area contributed by atoms with Gasteiger partial charge in [0.1, 0.15) is 0 Å². The van der Waals surface area contributed by atoms with Crippen LogP contribution < -0.4 is 0 Å². The normalized spacial score (nSPS) is 24.2. The molecule has 0 spiro atoms. The van der Waals surface area contributed by atoms with Crippen molar-refractivity contribution in [2.45, 2.75) is 63.0 Å². The average molecular weight is 441 g/mol. The fourth-order valence-corrected chi connectivity index (χ4v) is 5.81. The second-order valence-electron chi connectivity index (χ2n) is 8.80. The summed E-state index contributed by atoms with van der Waals surface area (Å²) in [6.45, 7) is 3.54. The van der Waals surface area contributed by atoms with Crippen LogP contribution in [-0.2, 0) is 19.3 Å². The Labute approximate surface area is 177 Å². The zero-order chi connectivity index (χ0) is 22.1. The number of nitrogens with zero attached hydrogens (tertiary/aromatic N) is 2. The lowest BCUT2D eigenvalue weighted by molar-refractivity contribution is -0.133. The molecule has 3 atom stereocenters. The van der Waals surface area contributed by atoms with Crippen LogP contribution in [0.15, 0.2) is 28.6 Å². The molecular formula is C22H30F2N2O3S. The van der Waals surface area contributed by atoms with E-state index in [-0.39, 0.29) is 35.3 Å². The van der Waals surface area contributed by atoms with E-state index in [9.17, 15) is 22.6 Å². The lowest BCUT2D eigenvalue weighted by Crippen LogP contribution is -2.42. The largest absolute Gasteiger partial charge is 0.343 e. The number of likely N-dealkylation sites (tertiary alicyclic amines) is 1. The van der Waals surface area contributed by atoms with E-state index in [4.69, 9.17) is 0 Å². The Morgan fingerprint density at radius 1 is 1.27 bits per heavy atom. The van der Waals surface area contributed by atoms with Crippen molar-refractivity contribution in [2.24, 2.45) is 10.3 Å². The van der Waals surface area contributed by atoms with Crippen molar-refractivity contribution in [2.75, 3.05) is 19.3 Å².